The summed E-state index contributed by atoms with van der Waals surface area (Å²) in [7, 11) is 1.94. The van der Waals surface area contributed by atoms with Gasteiger partial charge >= 0.3 is 0 Å². The Balaban J connectivity index is 2.59. The molecule has 1 aromatic carbocycles. The van der Waals surface area contributed by atoms with Gasteiger partial charge in [-0.3, -0.25) is 4.98 Å². The number of rotatable bonds is 2. The molecule has 0 aliphatic carbocycles. The minimum Gasteiger partial charge on any atom is -0.314 e. The fraction of sp³-hybridized carbons (Fsp3) is 0.250. The summed E-state index contributed by atoms with van der Waals surface area (Å²) >= 11 is 0. The highest BCUT2D eigenvalue weighted by atomic mass is 14.8. The van der Waals surface area contributed by atoms with Crippen LogP contribution in [0.15, 0.2) is 30.3 Å². The number of benzene rings is 1. The van der Waals surface area contributed by atoms with Crippen molar-refractivity contribution in [3.63, 3.8) is 0 Å². The van der Waals surface area contributed by atoms with E-state index >= 15 is 0 Å². The Bertz CT molecular complexity index is 449. The van der Waals surface area contributed by atoms with Crippen LogP contribution < -0.4 is 5.32 Å². The first-order valence-electron chi connectivity index (χ1n) is 4.81. The normalized spacial score (nSPS) is 10.7. The molecule has 1 aromatic heterocycles. The summed E-state index contributed by atoms with van der Waals surface area (Å²) in [6.07, 6.45) is 0. The molecule has 2 nitrogen and oxygen atoms in total. The van der Waals surface area contributed by atoms with Gasteiger partial charge in [0.05, 0.1) is 11.2 Å². The van der Waals surface area contributed by atoms with Crippen molar-refractivity contribution in [3.05, 3.63) is 41.6 Å². The van der Waals surface area contributed by atoms with E-state index in [2.05, 4.69) is 29.4 Å². The first-order valence-corrected chi connectivity index (χ1v) is 4.81. The molecule has 14 heavy (non-hydrogen) atoms. The highest BCUT2D eigenvalue weighted by molar-refractivity contribution is 5.79. The van der Waals surface area contributed by atoms with E-state index in [4.69, 9.17) is 0 Å². The fourth-order valence-electron chi connectivity index (χ4n) is 1.61. The van der Waals surface area contributed by atoms with Gasteiger partial charge in [0.1, 0.15) is 0 Å². The van der Waals surface area contributed by atoms with Gasteiger partial charge in [0.25, 0.3) is 0 Å². The quantitative estimate of drug-likeness (QED) is 0.778. The fourth-order valence-corrected chi connectivity index (χ4v) is 1.61. The maximum atomic E-state index is 4.60. The van der Waals surface area contributed by atoms with Crippen molar-refractivity contribution in [1.82, 2.24) is 10.3 Å². The number of hydrogen-bond donors (Lipinski definition) is 1. The smallest absolute Gasteiger partial charge is 0.0706 e. The summed E-state index contributed by atoms with van der Waals surface area (Å²) < 4.78 is 0. The summed E-state index contributed by atoms with van der Waals surface area (Å²) in [4.78, 5) is 4.60. The molecule has 0 radical (unpaired) electrons. The van der Waals surface area contributed by atoms with Gasteiger partial charge in [0.15, 0.2) is 0 Å². The zero-order chi connectivity index (χ0) is 9.97. The number of aromatic nitrogens is 1. The van der Waals surface area contributed by atoms with Crippen LogP contribution in [0.1, 0.15) is 11.3 Å². The Morgan fingerprint density at radius 2 is 2.07 bits per heavy atom. The topological polar surface area (TPSA) is 24.9 Å². The lowest BCUT2D eigenvalue weighted by Crippen LogP contribution is -2.08. The lowest BCUT2D eigenvalue weighted by Gasteiger charge is -2.06. The van der Waals surface area contributed by atoms with E-state index in [1.54, 1.807) is 0 Å². The van der Waals surface area contributed by atoms with E-state index in [-0.39, 0.29) is 0 Å². The van der Waals surface area contributed by atoms with Crippen molar-refractivity contribution in [1.29, 1.82) is 0 Å². The van der Waals surface area contributed by atoms with Gasteiger partial charge < -0.3 is 5.32 Å². The van der Waals surface area contributed by atoms with Crippen LogP contribution in [0.3, 0.4) is 0 Å². The second-order valence-corrected chi connectivity index (χ2v) is 3.47. The molecule has 2 aromatic rings. The van der Waals surface area contributed by atoms with Gasteiger partial charge in [-0.05, 0) is 31.7 Å². The molecule has 0 fully saturated rings. The summed E-state index contributed by atoms with van der Waals surface area (Å²) in [6.45, 7) is 2.93. The van der Waals surface area contributed by atoms with Gasteiger partial charge in [0.2, 0.25) is 0 Å². The van der Waals surface area contributed by atoms with Gasteiger partial charge in [-0.15, -0.1) is 0 Å². The lowest BCUT2D eigenvalue weighted by molar-refractivity contribution is 0.789. The number of nitrogens with zero attached hydrogens (tertiary/aromatic N) is 1. The molecule has 0 saturated carbocycles. The molecule has 0 bridgehead atoms. The molecule has 0 aliphatic heterocycles. The predicted octanol–water partition coefficient (Wildman–Crippen LogP) is 2.26. The average Bonchev–Trinajstić information content (AvgIpc) is 2.19. The lowest BCUT2D eigenvalue weighted by atomic mass is 10.1. The third-order valence-electron chi connectivity index (χ3n) is 2.36. The third kappa shape index (κ3) is 1.61. The van der Waals surface area contributed by atoms with E-state index in [1.165, 1.54) is 10.9 Å². The van der Waals surface area contributed by atoms with Crippen molar-refractivity contribution >= 4 is 10.9 Å². The van der Waals surface area contributed by atoms with Crippen LogP contribution in [0.25, 0.3) is 10.9 Å². The molecule has 72 valence electrons. The number of hydrogen-bond acceptors (Lipinski definition) is 2. The van der Waals surface area contributed by atoms with Gasteiger partial charge in [-0.1, -0.05) is 18.2 Å². The second kappa shape index (κ2) is 3.76. The molecule has 2 rings (SSSR count). The molecular formula is C12H14N2. The molecule has 2 heteroatoms. The Morgan fingerprint density at radius 3 is 2.86 bits per heavy atom. The molecule has 0 amide bonds. The first kappa shape index (κ1) is 9.16. The summed E-state index contributed by atoms with van der Waals surface area (Å²) in [5, 5.41) is 4.34. The van der Waals surface area contributed by atoms with E-state index in [1.807, 2.05) is 25.2 Å². The van der Waals surface area contributed by atoms with E-state index in [0.29, 0.717) is 0 Å². The molecule has 0 unspecified atom stereocenters. The molecular weight excluding hydrogens is 172 g/mol. The van der Waals surface area contributed by atoms with Crippen molar-refractivity contribution < 1.29 is 0 Å². The van der Waals surface area contributed by atoms with Crippen molar-refractivity contribution in [2.24, 2.45) is 0 Å². The van der Waals surface area contributed by atoms with E-state index in [9.17, 15) is 0 Å². The zero-order valence-corrected chi connectivity index (χ0v) is 8.54. The van der Waals surface area contributed by atoms with E-state index in [0.717, 1.165) is 17.8 Å². The van der Waals surface area contributed by atoms with Crippen LogP contribution >= 0.6 is 0 Å². The number of pyridine rings is 1. The average molecular weight is 186 g/mol. The molecule has 0 spiro atoms. The Labute approximate surface area is 84.0 Å². The Morgan fingerprint density at radius 1 is 1.29 bits per heavy atom. The maximum Gasteiger partial charge on any atom is 0.0706 e. The van der Waals surface area contributed by atoms with Crippen LogP contribution in [-0.2, 0) is 6.54 Å². The Kier molecular flexibility index (Phi) is 2.46. The number of aryl methyl sites for hydroxylation is 1. The minimum absolute atomic E-state index is 0.830. The van der Waals surface area contributed by atoms with Crippen LogP contribution in [-0.4, -0.2) is 12.0 Å². The van der Waals surface area contributed by atoms with Gasteiger partial charge in [-0.25, -0.2) is 0 Å². The first-order chi connectivity index (χ1) is 6.81. The largest absolute Gasteiger partial charge is 0.314 e. The Hall–Kier alpha value is -1.41. The summed E-state index contributed by atoms with van der Waals surface area (Å²) in [5.74, 6) is 0. The zero-order valence-electron chi connectivity index (χ0n) is 8.54. The van der Waals surface area contributed by atoms with Crippen molar-refractivity contribution in [2.45, 2.75) is 13.5 Å². The molecule has 1 N–H and O–H groups in total. The highest BCUT2D eigenvalue weighted by Gasteiger charge is 2.01. The maximum absolute atomic E-state index is 4.60. The molecule has 0 atom stereocenters. The van der Waals surface area contributed by atoms with Gasteiger partial charge in [0, 0.05) is 11.9 Å². The standard InChI is InChI=1S/C12H14N2/c1-9-7-10-5-3-4-6-11(10)14-12(9)8-13-2/h3-7,13H,8H2,1-2H3. The number of nitrogens with one attached hydrogen (secondary N) is 1. The molecule has 1 heterocycles. The minimum atomic E-state index is 0.830. The third-order valence-corrected chi connectivity index (χ3v) is 2.36. The van der Waals surface area contributed by atoms with Gasteiger partial charge in [-0.2, -0.15) is 0 Å². The van der Waals surface area contributed by atoms with Crippen LogP contribution in [0.4, 0.5) is 0 Å². The predicted molar refractivity (Wildman–Crippen MR) is 59.2 cm³/mol. The second-order valence-electron chi connectivity index (χ2n) is 3.47. The van der Waals surface area contributed by atoms with Crippen LogP contribution in [0, 0.1) is 6.92 Å². The summed E-state index contributed by atoms with van der Waals surface area (Å²) in [6, 6.07) is 10.4. The summed E-state index contributed by atoms with van der Waals surface area (Å²) in [5.41, 5.74) is 3.45. The highest BCUT2D eigenvalue weighted by Crippen LogP contribution is 2.15. The van der Waals surface area contributed by atoms with Crippen molar-refractivity contribution in [2.75, 3.05) is 7.05 Å². The molecule has 0 aliphatic rings. The number of para-hydroxylation sites is 1. The number of fused-ring (bicyclic) bond motifs is 1. The van der Waals surface area contributed by atoms with Crippen molar-refractivity contribution in [3.8, 4) is 0 Å². The molecule has 0 saturated heterocycles. The van der Waals surface area contributed by atoms with Crippen LogP contribution in [0.5, 0.6) is 0 Å². The monoisotopic (exact) mass is 186 g/mol. The van der Waals surface area contributed by atoms with Crippen LogP contribution in [0.2, 0.25) is 0 Å². The SMILES string of the molecule is CNCc1nc2ccccc2cc1C. The van der Waals surface area contributed by atoms with E-state index < -0.39 is 0 Å².